The molecule has 8 nitrogen and oxygen atoms in total. The summed E-state index contributed by atoms with van der Waals surface area (Å²) >= 11 is 0. The van der Waals surface area contributed by atoms with Gasteiger partial charge in [-0.15, -0.1) is 0 Å². The summed E-state index contributed by atoms with van der Waals surface area (Å²) in [7, 11) is -2.48. The standard InChI is InChI=1S/C19H22N2O6S/c1-13-3-5-15(16(22)11-13)20-19(23)14-4-6-17(26-2)18(12-14)28(24,25)21-7-9-27-10-8-21/h3-6,11-12,22H,7-10H2,1-2H3,(H,20,23). The monoisotopic (exact) mass is 406 g/mol. The highest BCUT2D eigenvalue weighted by Gasteiger charge is 2.30. The third-order valence-electron chi connectivity index (χ3n) is 4.42. The minimum absolute atomic E-state index is 0.0666. The Hall–Kier alpha value is -2.62. The molecule has 9 heteroatoms. The first-order chi connectivity index (χ1) is 13.3. The Bertz CT molecular complexity index is 984. The number of hydrogen-bond donors (Lipinski definition) is 2. The summed E-state index contributed by atoms with van der Waals surface area (Å²) in [5.74, 6) is -0.454. The molecule has 1 saturated heterocycles. The molecule has 0 saturated carbocycles. The molecule has 0 aromatic heterocycles. The number of amides is 1. The van der Waals surface area contributed by atoms with Crippen molar-refractivity contribution in [2.24, 2.45) is 0 Å². The van der Waals surface area contributed by atoms with E-state index in [9.17, 15) is 18.3 Å². The fourth-order valence-electron chi connectivity index (χ4n) is 2.89. The van der Waals surface area contributed by atoms with E-state index in [4.69, 9.17) is 9.47 Å². The predicted octanol–water partition coefficient (Wildman–Crippen LogP) is 1.98. The molecule has 28 heavy (non-hydrogen) atoms. The van der Waals surface area contributed by atoms with Crippen LogP contribution < -0.4 is 10.1 Å². The molecule has 0 radical (unpaired) electrons. The first-order valence-electron chi connectivity index (χ1n) is 8.70. The molecule has 0 spiro atoms. The van der Waals surface area contributed by atoms with Gasteiger partial charge < -0.3 is 19.9 Å². The Kier molecular flexibility index (Phi) is 5.87. The second-order valence-corrected chi connectivity index (χ2v) is 8.26. The van der Waals surface area contributed by atoms with Crippen molar-refractivity contribution >= 4 is 21.6 Å². The number of hydrogen-bond acceptors (Lipinski definition) is 6. The van der Waals surface area contributed by atoms with E-state index in [1.165, 1.54) is 35.7 Å². The lowest BCUT2D eigenvalue weighted by Crippen LogP contribution is -2.40. The lowest BCUT2D eigenvalue weighted by molar-refractivity contribution is 0.0729. The number of anilines is 1. The van der Waals surface area contributed by atoms with E-state index >= 15 is 0 Å². The van der Waals surface area contributed by atoms with Crippen LogP contribution >= 0.6 is 0 Å². The summed E-state index contributed by atoms with van der Waals surface area (Å²) in [4.78, 5) is 12.5. The molecule has 150 valence electrons. The fraction of sp³-hybridized carbons (Fsp3) is 0.316. The number of sulfonamides is 1. The van der Waals surface area contributed by atoms with E-state index in [1.807, 2.05) is 6.92 Å². The van der Waals surface area contributed by atoms with Crippen molar-refractivity contribution in [3.05, 3.63) is 47.5 Å². The van der Waals surface area contributed by atoms with Crippen molar-refractivity contribution in [1.82, 2.24) is 4.31 Å². The molecule has 1 aliphatic rings. The second kappa shape index (κ2) is 8.17. The van der Waals surface area contributed by atoms with Gasteiger partial charge in [0.2, 0.25) is 10.0 Å². The largest absolute Gasteiger partial charge is 0.506 e. The number of aromatic hydroxyl groups is 1. The molecule has 3 rings (SSSR count). The number of phenols is 1. The van der Waals surface area contributed by atoms with Crippen molar-refractivity contribution in [2.75, 3.05) is 38.7 Å². The second-order valence-electron chi connectivity index (χ2n) is 6.36. The summed E-state index contributed by atoms with van der Waals surface area (Å²) in [6, 6.07) is 9.05. The van der Waals surface area contributed by atoms with Gasteiger partial charge in [0.05, 0.1) is 26.0 Å². The Morgan fingerprint density at radius 1 is 1.18 bits per heavy atom. The average molecular weight is 406 g/mol. The zero-order chi connectivity index (χ0) is 20.3. The van der Waals surface area contributed by atoms with Gasteiger partial charge in [0.25, 0.3) is 5.91 Å². The number of ether oxygens (including phenoxy) is 2. The highest BCUT2D eigenvalue weighted by molar-refractivity contribution is 7.89. The van der Waals surface area contributed by atoms with E-state index in [0.29, 0.717) is 13.2 Å². The Morgan fingerprint density at radius 2 is 1.89 bits per heavy atom. The number of carbonyl (C=O) groups is 1. The molecule has 0 unspecified atom stereocenters. The minimum atomic E-state index is -3.85. The molecule has 2 aromatic rings. The number of benzene rings is 2. The fourth-order valence-corrected chi connectivity index (χ4v) is 4.48. The first-order valence-corrected chi connectivity index (χ1v) is 10.1. The maximum Gasteiger partial charge on any atom is 0.255 e. The van der Waals surface area contributed by atoms with Crippen LogP contribution in [0.4, 0.5) is 5.69 Å². The third-order valence-corrected chi connectivity index (χ3v) is 6.33. The van der Waals surface area contributed by atoms with E-state index in [2.05, 4.69) is 5.32 Å². The number of aryl methyl sites for hydroxylation is 1. The quantitative estimate of drug-likeness (QED) is 0.736. The molecule has 2 aromatic carbocycles. The summed E-state index contributed by atoms with van der Waals surface area (Å²) < 4.78 is 37.7. The zero-order valence-electron chi connectivity index (χ0n) is 15.6. The predicted molar refractivity (Wildman–Crippen MR) is 103 cm³/mol. The normalized spacial score (nSPS) is 15.2. The van der Waals surface area contributed by atoms with Gasteiger partial charge in [0, 0.05) is 18.7 Å². The molecule has 0 bridgehead atoms. The lowest BCUT2D eigenvalue weighted by atomic mass is 10.1. The smallest absolute Gasteiger partial charge is 0.255 e. The average Bonchev–Trinajstić information content (AvgIpc) is 2.70. The summed E-state index contributed by atoms with van der Waals surface area (Å²) in [5, 5.41) is 12.6. The van der Waals surface area contributed by atoms with Crippen LogP contribution in [0.3, 0.4) is 0 Å². The maximum atomic E-state index is 13.0. The van der Waals surface area contributed by atoms with Gasteiger partial charge in [-0.05, 0) is 42.8 Å². The van der Waals surface area contributed by atoms with Crippen LogP contribution in [-0.2, 0) is 14.8 Å². The van der Waals surface area contributed by atoms with Crippen LogP contribution in [0.25, 0.3) is 0 Å². The Balaban J connectivity index is 1.92. The van der Waals surface area contributed by atoms with E-state index in [-0.39, 0.29) is 40.7 Å². The van der Waals surface area contributed by atoms with Crippen LogP contribution in [0, 0.1) is 6.92 Å². The zero-order valence-corrected chi connectivity index (χ0v) is 16.5. The van der Waals surface area contributed by atoms with Crippen molar-refractivity contribution in [2.45, 2.75) is 11.8 Å². The number of rotatable bonds is 5. The van der Waals surface area contributed by atoms with E-state index in [0.717, 1.165) is 5.56 Å². The SMILES string of the molecule is COc1ccc(C(=O)Nc2ccc(C)cc2O)cc1S(=O)(=O)N1CCOCC1. The van der Waals surface area contributed by atoms with Crippen molar-refractivity contribution in [3.63, 3.8) is 0 Å². The van der Waals surface area contributed by atoms with Crippen molar-refractivity contribution in [3.8, 4) is 11.5 Å². The molecule has 0 aliphatic carbocycles. The Morgan fingerprint density at radius 3 is 2.54 bits per heavy atom. The van der Waals surface area contributed by atoms with Gasteiger partial charge in [-0.1, -0.05) is 6.07 Å². The number of carbonyl (C=O) groups excluding carboxylic acids is 1. The molecular formula is C19H22N2O6S. The first kappa shape index (κ1) is 20.1. The molecule has 2 N–H and O–H groups in total. The molecular weight excluding hydrogens is 384 g/mol. The molecule has 1 amide bonds. The molecule has 1 heterocycles. The van der Waals surface area contributed by atoms with Gasteiger partial charge in [-0.3, -0.25) is 4.79 Å². The number of morpholine rings is 1. The summed E-state index contributed by atoms with van der Waals surface area (Å²) in [6.07, 6.45) is 0. The number of methoxy groups -OCH3 is 1. The maximum absolute atomic E-state index is 13.0. The van der Waals surface area contributed by atoms with Crippen LogP contribution in [0.15, 0.2) is 41.3 Å². The van der Waals surface area contributed by atoms with Gasteiger partial charge >= 0.3 is 0 Å². The molecule has 1 fully saturated rings. The highest BCUT2D eigenvalue weighted by Crippen LogP contribution is 2.29. The molecule has 1 aliphatic heterocycles. The summed E-state index contributed by atoms with van der Waals surface area (Å²) in [6.45, 7) is 2.92. The van der Waals surface area contributed by atoms with Gasteiger partial charge in [-0.25, -0.2) is 8.42 Å². The van der Waals surface area contributed by atoms with Crippen molar-refractivity contribution in [1.29, 1.82) is 0 Å². The Labute approximate surface area is 163 Å². The van der Waals surface area contributed by atoms with Crippen LogP contribution in [0.5, 0.6) is 11.5 Å². The minimum Gasteiger partial charge on any atom is -0.506 e. The number of phenolic OH excluding ortho intramolecular Hbond substituents is 1. The number of nitrogens with one attached hydrogen (secondary N) is 1. The molecule has 0 atom stereocenters. The van der Waals surface area contributed by atoms with Crippen molar-refractivity contribution < 1.29 is 27.8 Å². The van der Waals surface area contributed by atoms with Crippen LogP contribution in [0.1, 0.15) is 15.9 Å². The highest BCUT2D eigenvalue weighted by atomic mass is 32.2. The van der Waals surface area contributed by atoms with Crippen LogP contribution in [0.2, 0.25) is 0 Å². The lowest BCUT2D eigenvalue weighted by Gasteiger charge is -2.26. The van der Waals surface area contributed by atoms with Gasteiger partial charge in [0.15, 0.2) is 0 Å². The van der Waals surface area contributed by atoms with Gasteiger partial charge in [0.1, 0.15) is 16.4 Å². The van der Waals surface area contributed by atoms with Gasteiger partial charge in [-0.2, -0.15) is 4.31 Å². The third kappa shape index (κ3) is 4.11. The van der Waals surface area contributed by atoms with E-state index < -0.39 is 15.9 Å². The van der Waals surface area contributed by atoms with E-state index in [1.54, 1.807) is 12.1 Å². The number of nitrogens with zero attached hydrogens (tertiary/aromatic N) is 1. The topological polar surface area (TPSA) is 105 Å². The van der Waals surface area contributed by atoms with Crippen LogP contribution in [-0.4, -0.2) is 57.1 Å². The summed E-state index contributed by atoms with van der Waals surface area (Å²) in [5.41, 5.74) is 1.22.